The summed E-state index contributed by atoms with van der Waals surface area (Å²) in [4.78, 5) is 18.2. The first kappa shape index (κ1) is 14.3. The Bertz CT molecular complexity index is 678. The molecule has 4 heteroatoms. The lowest BCUT2D eigenvalue weighted by atomic mass is 9.99. The first-order valence-electron chi connectivity index (χ1n) is 7.30. The second-order valence-corrected chi connectivity index (χ2v) is 5.20. The Hall–Kier alpha value is -2.62. The Kier molecular flexibility index (Phi) is 4.19. The van der Waals surface area contributed by atoms with Gasteiger partial charge in [0.05, 0.1) is 12.7 Å². The number of amides is 1. The van der Waals surface area contributed by atoms with Crippen molar-refractivity contribution < 1.29 is 9.53 Å². The molecule has 22 heavy (non-hydrogen) atoms. The molecule has 2 aromatic rings. The highest BCUT2D eigenvalue weighted by Gasteiger charge is 2.19. The number of nitrogens with zero attached hydrogens (tertiary/aromatic N) is 2. The zero-order valence-corrected chi connectivity index (χ0v) is 12.5. The van der Waals surface area contributed by atoms with Gasteiger partial charge in [0.2, 0.25) is 0 Å². The molecule has 1 aromatic heterocycles. The lowest BCUT2D eigenvalue weighted by Crippen LogP contribution is -2.34. The summed E-state index contributed by atoms with van der Waals surface area (Å²) < 4.78 is 5.18. The third-order valence-electron chi connectivity index (χ3n) is 3.87. The molecule has 1 amide bonds. The molecule has 0 saturated carbocycles. The quantitative estimate of drug-likeness (QED) is 0.874. The average molecular weight is 294 g/mol. The third-order valence-corrected chi connectivity index (χ3v) is 3.87. The van der Waals surface area contributed by atoms with Gasteiger partial charge in [-0.05, 0) is 41.8 Å². The van der Waals surface area contributed by atoms with Gasteiger partial charge in [-0.2, -0.15) is 0 Å². The van der Waals surface area contributed by atoms with Crippen LogP contribution in [0.1, 0.15) is 22.3 Å². The minimum atomic E-state index is 0.0399. The zero-order chi connectivity index (χ0) is 15.4. The van der Waals surface area contributed by atoms with Gasteiger partial charge in [-0.3, -0.25) is 9.78 Å². The number of methoxy groups -OCH3 is 1. The van der Waals surface area contributed by atoms with E-state index in [-0.39, 0.29) is 5.91 Å². The van der Waals surface area contributed by atoms with E-state index in [1.165, 1.54) is 11.1 Å². The highest BCUT2D eigenvalue weighted by Crippen LogP contribution is 2.24. The maximum atomic E-state index is 12.4. The molecule has 0 bridgehead atoms. The number of carbonyl (C=O) groups excluding carboxylic acids is 1. The van der Waals surface area contributed by atoms with Crippen LogP contribution in [-0.2, 0) is 0 Å². The van der Waals surface area contributed by atoms with E-state index in [0.29, 0.717) is 12.1 Å². The Morgan fingerprint density at radius 2 is 2.05 bits per heavy atom. The monoisotopic (exact) mass is 294 g/mol. The van der Waals surface area contributed by atoms with Crippen LogP contribution in [0.5, 0.6) is 5.75 Å². The molecule has 0 saturated heterocycles. The average Bonchev–Trinajstić information content (AvgIpc) is 2.62. The number of rotatable bonds is 3. The Morgan fingerprint density at radius 1 is 1.23 bits per heavy atom. The number of hydrogen-bond donors (Lipinski definition) is 0. The van der Waals surface area contributed by atoms with E-state index in [0.717, 1.165) is 18.7 Å². The molecule has 0 unspecified atom stereocenters. The van der Waals surface area contributed by atoms with Crippen LogP contribution in [0.15, 0.2) is 54.9 Å². The zero-order valence-electron chi connectivity index (χ0n) is 12.5. The Morgan fingerprint density at radius 3 is 2.64 bits per heavy atom. The number of aromatic nitrogens is 1. The topological polar surface area (TPSA) is 42.4 Å². The van der Waals surface area contributed by atoms with Crippen LogP contribution in [0.25, 0.3) is 5.57 Å². The van der Waals surface area contributed by atoms with Gasteiger partial charge < -0.3 is 9.64 Å². The molecule has 3 rings (SSSR count). The van der Waals surface area contributed by atoms with Crippen molar-refractivity contribution in [2.45, 2.75) is 6.42 Å². The van der Waals surface area contributed by atoms with E-state index in [9.17, 15) is 4.79 Å². The van der Waals surface area contributed by atoms with Crippen LogP contribution in [0.4, 0.5) is 0 Å². The first-order chi connectivity index (χ1) is 10.8. The minimum absolute atomic E-state index is 0.0399. The minimum Gasteiger partial charge on any atom is -0.497 e. The van der Waals surface area contributed by atoms with Gasteiger partial charge in [-0.25, -0.2) is 0 Å². The molecule has 2 heterocycles. The maximum absolute atomic E-state index is 12.4. The van der Waals surface area contributed by atoms with Gasteiger partial charge in [0.15, 0.2) is 0 Å². The van der Waals surface area contributed by atoms with Gasteiger partial charge in [0.1, 0.15) is 5.75 Å². The SMILES string of the molecule is COc1ccc(C2=CCN(C(=O)c3cccnc3)CC2)cc1. The summed E-state index contributed by atoms with van der Waals surface area (Å²) in [5.74, 6) is 0.895. The van der Waals surface area contributed by atoms with Gasteiger partial charge in [-0.1, -0.05) is 18.2 Å². The Balaban J connectivity index is 1.70. The summed E-state index contributed by atoms with van der Waals surface area (Å²) >= 11 is 0. The molecule has 0 atom stereocenters. The van der Waals surface area contributed by atoms with Gasteiger partial charge in [0, 0.05) is 25.5 Å². The molecule has 112 valence electrons. The standard InChI is InChI=1S/C18H18N2O2/c1-22-17-6-4-14(5-7-17)15-8-11-20(12-9-15)18(21)16-3-2-10-19-13-16/h2-8,10,13H,9,11-12H2,1H3. The fraction of sp³-hybridized carbons (Fsp3) is 0.222. The number of benzene rings is 1. The summed E-state index contributed by atoms with van der Waals surface area (Å²) in [6, 6.07) is 11.6. The van der Waals surface area contributed by atoms with E-state index in [4.69, 9.17) is 4.74 Å². The normalized spacial score (nSPS) is 14.4. The number of carbonyl (C=O) groups is 1. The molecule has 1 aliphatic rings. The molecule has 0 radical (unpaired) electrons. The van der Waals surface area contributed by atoms with Crippen molar-refractivity contribution in [2.24, 2.45) is 0 Å². The summed E-state index contributed by atoms with van der Waals surface area (Å²) in [6.07, 6.45) is 6.28. The number of pyridine rings is 1. The molecular weight excluding hydrogens is 276 g/mol. The molecule has 0 aliphatic carbocycles. The van der Waals surface area contributed by atoms with Crippen LogP contribution in [0.3, 0.4) is 0 Å². The second kappa shape index (κ2) is 6.43. The molecule has 0 fully saturated rings. The lowest BCUT2D eigenvalue weighted by molar-refractivity contribution is 0.0772. The van der Waals surface area contributed by atoms with Crippen molar-refractivity contribution in [3.05, 3.63) is 66.0 Å². The lowest BCUT2D eigenvalue weighted by Gasteiger charge is -2.26. The van der Waals surface area contributed by atoms with Crippen molar-refractivity contribution in [1.29, 1.82) is 0 Å². The molecule has 1 aromatic carbocycles. The van der Waals surface area contributed by atoms with E-state index in [2.05, 4.69) is 23.2 Å². The predicted molar refractivity (Wildman–Crippen MR) is 85.7 cm³/mol. The van der Waals surface area contributed by atoms with Crippen LogP contribution in [0, 0.1) is 0 Å². The molecule has 1 aliphatic heterocycles. The van der Waals surface area contributed by atoms with Crippen molar-refractivity contribution >= 4 is 11.5 Å². The third kappa shape index (κ3) is 3.01. The molecule has 4 nitrogen and oxygen atoms in total. The summed E-state index contributed by atoms with van der Waals surface area (Å²) in [6.45, 7) is 1.36. The summed E-state index contributed by atoms with van der Waals surface area (Å²) in [5.41, 5.74) is 3.11. The highest BCUT2D eigenvalue weighted by molar-refractivity contribution is 5.94. The van der Waals surface area contributed by atoms with Crippen LogP contribution < -0.4 is 4.74 Å². The smallest absolute Gasteiger partial charge is 0.255 e. The first-order valence-corrected chi connectivity index (χ1v) is 7.30. The van der Waals surface area contributed by atoms with Crippen molar-refractivity contribution in [1.82, 2.24) is 9.88 Å². The fourth-order valence-corrected chi connectivity index (χ4v) is 2.59. The van der Waals surface area contributed by atoms with E-state index >= 15 is 0 Å². The predicted octanol–water partition coefficient (Wildman–Crippen LogP) is 3.02. The van der Waals surface area contributed by atoms with Gasteiger partial charge >= 0.3 is 0 Å². The largest absolute Gasteiger partial charge is 0.497 e. The summed E-state index contributed by atoms with van der Waals surface area (Å²) in [7, 11) is 1.66. The van der Waals surface area contributed by atoms with Crippen LogP contribution >= 0.6 is 0 Å². The highest BCUT2D eigenvalue weighted by atomic mass is 16.5. The Labute approximate surface area is 130 Å². The molecular formula is C18H18N2O2. The maximum Gasteiger partial charge on any atom is 0.255 e. The fourth-order valence-electron chi connectivity index (χ4n) is 2.59. The van der Waals surface area contributed by atoms with Crippen molar-refractivity contribution in [3.8, 4) is 5.75 Å². The van der Waals surface area contributed by atoms with E-state index in [1.807, 2.05) is 17.0 Å². The second-order valence-electron chi connectivity index (χ2n) is 5.20. The van der Waals surface area contributed by atoms with Crippen LogP contribution in [0.2, 0.25) is 0 Å². The number of hydrogen-bond acceptors (Lipinski definition) is 3. The van der Waals surface area contributed by atoms with Gasteiger partial charge in [0.25, 0.3) is 5.91 Å². The van der Waals surface area contributed by atoms with E-state index in [1.54, 1.807) is 31.6 Å². The van der Waals surface area contributed by atoms with Crippen LogP contribution in [-0.4, -0.2) is 36.0 Å². The molecule has 0 spiro atoms. The van der Waals surface area contributed by atoms with Crippen molar-refractivity contribution in [3.63, 3.8) is 0 Å². The van der Waals surface area contributed by atoms with Crippen molar-refractivity contribution in [2.75, 3.05) is 20.2 Å². The van der Waals surface area contributed by atoms with Gasteiger partial charge in [-0.15, -0.1) is 0 Å². The van der Waals surface area contributed by atoms with E-state index < -0.39 is 0 Å². The number of ether oxygens (including phenoxy) is 1. The molecule has 0 N–H and O–H groups in total. The summed E-state index contributed by atoms with van der Waals surface area (Å²) in [5, 5.41) is 0.